The van der Waals surface area contributed by atoms with Crippen LogP contribution in [0.2, 0.25) is 0 Å². The molecule has 8 heteroatoms. The summed E-state index contributed by atoms with van der Waals surface area (Å²) in [6.07, 6.45) is 5.89. The number of aryl methyl sites for hydroxylation is 1. The summed E-state index contributed by atoms with van der Waals surface area (Å²) in [5.74, 6) is -0.0188. The van der Waals surface area contributed by atoms with Crippen molar-refractivity contribution < 1.29 is 13.2 Å². The average Bonchev–Trinajstić information content (AvgIpc) is 3.06. The Hall–Kier alpha value is -2.58. The van der Waals surface area contributed by atoms with Crippen LogP contribution in [0, 0.1) is 0 Å². The van der Waals surface area contributed by atoms with E-state index in [0.717, 1.165) is 39.7 Å². The first-order chi connectivity index (χ1) is 14.7. The number of sulfone groups is 1. The molecule has 0 saturated heterocycles. The van der Waals surface area contributed by atoms with Crippen molar-refractivity contribution in [1.29, 1.82) is 0 Å². The zero-order valence-electron chi connectivity index (χ0n) is 18.4. The van der Waals surface area contributed by atoms with E-state index in [9.17, 15) is 13.2 Å². The number of rotatable bonds is 7. The summed E-state index contributed by atoms with van der Waals surface area (Å²) >= 11 is 0. The van der Waals surface area contributed by atoms with Crippen molar-refractivity contribution in [3.8, 4) is 11.1 Å². The van der Waals surface area contributed by atoms with E-state index in [0.29, 0.717) is 25.3 Å². The Kier molecular flexibility index (Phi) is 5.70. The van der Waals surface area contributed by atoms with Gasteiger partial charge in [-0.15, -0.1) is 0 Å². The number of nitrogens with zero attached hydrogens (tertiary/aromatic N) is 2. The van der Waals surface area contributed by atoms with E-state index in [-0.39, 0.29) is 17.4 Å². The Morgan fingerprint density at radius 3 is 2.74 bits per heavy atom. The van der Waals surface area contributed by atoms with Gasteiger partial charge in [0.05, 0.1) is 5.75 Å². The molecule has 166 valence electrons. The lowest BCUT2D eigenvalue weighted by atomic mass is 9.99. The molecule has 4 rings (SSSR count). The van der Waals surface area contributed by atoms with E-state index in [1.807, 2.05) is 37.5 Å². The van der Waals surface area contributed by atoms with E-state index in [2.05, 4.69) is 16.8 Å². The van der Waals surface area contributed by atoms with Crippen LogP contribution in [0.1, 0.15) is 31.4 Å². The van der Waals surface area contributed by atoms with Crippen LogP contribution in [0.5, 0.6) is 0 Å². The SMILES string of the molecule is CCOCCC(C)N1Cc2c[nH]c3c(=O)n(C)cc(c23)-c2cc(CS(C)(=O)=O)ccc21. The third kappa shape index (κ3) is 4.14. The fourth-order valence-corrected chi connectivity index (χ4v) is 5.21. The Labute approximate surface area is 182 Å². The van der Waals surface area contributed by atoms with E-state index in [1.165, 1.54) is 6.26 Å². The molecule has 0 spiro atoms. The molecule has 1 aliphatic rings. The van der Waals surface area contributed by atoms with Crippen LogP contribution in [0.4, 0.5) is 5.69 Å². The number of nitrogens with one attached hydrogen (secondary N) is 1. The zero-order valence-corrected chi connectivity index (χ0v) is 19.3. The fourth-order valence-electron chi connectivity index (χ4n) is 4.42. The van der Waals surface area contributed by atoms with Crippen LogP contribution >= 0.6 is 0 Å². The molecule has 0 amide bonds. The number of aromatic nitrogens is 2. The number of ether oxygens (including phenoxy) is 1. The van der Waals surface area contributed by atoms with Gasteiger partial charge in [-0.2, -0.15) is 0 Å². The van der Waals surface area contributed by atoms with Gasteiger partial charge >= 0.3 is 0 Å². The highest BCUT2D eigenvalue weighted by Crippen LogP contribution is 2.42. The molecule has 0 saturated carbocycles. The molecule has 2 aromatic heterocycles. The van der Waals surface area contributed by atoms with Crippen LogP contribution in [0.25, 0.3) is 22.0 Å². The minimum atomic E-state index is -3.17. The van der Waals surface area contributed by atoms with Crippen LogP contribution in [0.15, 0.2) is 35.4 Å². The molecule has 0 bridgehead atoms. The maximum atomic E-state index is 12.7. The van der Waals surface area contributed by atoms with E-state index >= 15 is 0 Å². The van der Waals surface area contributed by atoms with Crippen LogP contribution in [-0.4, -0.2) is 43.5 Å². The highest BCUT2D eigenvalue weighted by molar-refractivity contribution is 7.89. The van der Waals surface area contributed by atoms with Crippen molar-refractivity contribution in [2.45, 2.75) is 38.6 Å². The van der Waals surface area contributed by atoms with E-state index in [1.54, 1.807) is 11.6 Å². The maximum absolute atomic E-state index is 12.7. The quantitative estimate of drug-likeness (QED) is 0.567. The van der Waals surface area contributed by atoms with Gasteiger partial charge < -0.3 is 19.2 Å². The van der Waals surface area contributed by atoms with Crippen molar-refractivity contribution >= 4 is 26.4 Å². The molecule has 0 aliphatic carbocycles. The summed E-state index contributed by atoms with van der Waals surface area (Å²) in [6.45, 7) is 6.18. The van der Waals surface area contributed by atoms with Crippen molar-refractivity contribution in [1.82, 2.24) is 9.55 Å². The van der Waals surface area contributed by atoms with Gasteiger partial charge in [0.25, 0.3) is 5.56 Å². The van der Waals surface area contributed by atoms with Gasteiger partial charge in [0.1, 0.15) is 5.52 Å². The number of hydrogen-bond acceptors (Lipinski definition) is 5. The molecule has 1 unspecified atom stereocenters. The molecule has 0 fully saturated rings. The first kappa shape index (κ1) is 21.6. The molecular weight excluding hydrogens is 414 g/mol. The summed E-state index contributed by atoms with van der Waals surface area (Å²) in [6, 6.07) is 6.06. The summed E-state index contributed by atoms with van der Waals surface area (Å²) in [5.41, 5.74) is 5.24. The highest BCUT2D eigenvalue weighted by atomic mass is 32.2. The summed E-state index contributed by atoms with van der Waals surface area (Å²) in [4.78, 5) is 18.2. The predicted molar refractivity (Wildman–Crippen MR) is 124 cm³/mol. The molecule has 1 N–H and O–H groups in total. The number of fused-ring (bicyclic) bond motifs is 2. The van der Waals surface area contributed by atoms with Gasteiger partial charge in [-0.3, -0.25) is 4.79 Å². The second-order valence-electron chi connectivity index (χ2n) is 8.41. The minimum Gasteiger partial charge on any atom is -0.382 e. The Morgan fingerprint density at radius 1 is 1.26 bits per heavy atom. The third-order valence-electron chi connectivity index (χ3n) is 5.93. The van der Waals surface area contributed by atoms with Crippen molar-refractivity contribution in [3.63, 3.8) is 0 Å². The van der Waals surface area contributed by atoms with Crippen LogP contribution < -0.4 is 10.5 Å². The Morgan fingerprint density at radius 2 is 2.03 bits per heavy atom. The number of hydrogen-bond donors (Lipinski definition) is 1. The molecular formula is C23H29N3O4S. The van der Waals surface area contributed by atoms with Crippen molar-refractivity contribution in [3.05, 3.63) is 52.1 Å². The second-order valence-corrected chi connectivity index (χ2v) is 10.5. The van der Waals surface area contributed by atoms with Crippen LogP contribution in [-0.2, 0) is 33.9 Å². The number of anilines is 1. The topological polar surface area (TPSA) is 84.4 Å². The molecule has 1 aliphatic heterocycles. The standard InChI is InChI=1S/C23H29N3O4S/c1-5-30-9-8-15(2)26-12-17-11-24-22-21(17)19(13-25(3)23(22)27)18-10-16(6-7-20(18)26)14-31(4,28)29/h6-7,10-11,13,15,24H,5,8-9,12,14H2,1-4H3. The lowest BCUT2D eigenvalue weighted by Gasteiger charge is -2.32. The van der Waals surface area contributed by atoms with Crippen LogP contribution in [0.3, 0.4) is 0 Å². The molecule has 31 heavy (non-hydrogen) atoms. The highest BCUT2D eigenvalue weighted by Gasteiger charge is 2.27. The van der Waals surface area contributed by atoms with Gasteiger partial charge in [0.15, 0.2) is 9.84 Å². The minimum absolute atomic E-state index is 0.0188. The molecule has 7 nitrogen and oxygen atoms in total. The third-order valence-corrected chi connectivity index (χ3v) is 6.79. The first-order valence-corrected chi connectivity index (χ1v) is 12.6. The van der Waals surface area contributed by atoms with Gasteiger partial charge in [-0.05, 0) is 43.5 Å². The average molecular weight is 444 g/mol. The predicted octanol–water partition coefficient (Wildman–Crippen LogP) is 3.21. The van der Waals surface area contributed by atoms with Gasteiger partial charge in [0, 0.05) is 73.7 Å². The lowest BCUT2D eigenvalue weighted by Crippen LogP contribution is -2.33. The fraction of sp³-hybridized carbons (Fsp3) is 0.435. The lowest BCUT2D eigenvalue weighted by molar-refractivity contribution is 0.140. The molecule has 3 aromatic rings. The number of benzene rings is 1. The van der Waals surface area contributed by atoms with Gasteiger partial charge in [0.2, 0.25) is 0 Å². The number of pyridine rings is 1. The normalized spacial score (nSPS) is 14.5. The van der Waals surface area contributed by atoms with Gasteiger partial charge in [-0.25, -0.2) is 8.42 Å². The van der Waals surface area contributed by atoms with Crippen molar-refractivity contribution in [2.24, 2.45) is 7.05 Å². The molecule has 1 atom stereocenters. The summed E-state index contributed by atoms with van der Waals surface area (Å²) < 4.78 is 31.0. The molecule has 0 radical (unpaired) electrons. The second kappa shape index (κ2) is 8.16. The monoisotopic (exact) mass is 443 g/mol. The first-order valence-electron chi connectivity index (χ1n) is 10.5. The Balaban J connectivity index is 1.92. The number of H-pyrrole nitrogens is 1. The van der Waals surface area contributed by atoms with E-state index < -0.39 is 9.84 Å². The number of aromatic amines is 1. The molecule has 1 aromatic carbocycles. The summed E-state index contributed by atoms with van der Waals surface area (Å²) in [7, 11) is -1.42. The van der Waals surface area contributed by atoms with E-state index in [4.69, 9.17) is 4.74 Å². The van der Waals surface area contributed by atoms with Crippen molar-refractivity contribution in [2.75, 3.05) is 24.4 Å². The Bertz CT molecular complexity index is 1290. The molecule has 3 heterocycles. The van der Waals surface area contributed by atoms with Gasteiger partial charge in [-0.1, -0.05) is 6.07 Å². The maximum Gasteiger partial charge on any atom is 0.274 e. The zero-order chi connectivity index (χ0) is 22.3. The smallest absolute Gasteiger partial charge is 0.274 e. The summed E-state index contributed by atoms with van der Waals surface area (Å²) in [5, 5.41) is 0.917. The largest absolute Gasteiger partial charge is 0.382 e.